The Morgan fingerprint density at radius 1 is 0.839 bits per heavy atom. The Hall–Kier alpha value is -4.14. The molecule has 0 aliphatic carbocycles. The summed E-state index contributed by atoms with van der Waals surface area (Å²) in [6.45, 7) is 0.677. The third kappa shape index (κ3) is 4.55. The standard InChI is InChI=1S/C22H18FN5O3/c23-14-3-5-15(6-4-14)26-21(30)19-20(25-12-11-24-19)22(31)27-16-7-9-17(10-8-16)28-13-1-2-18(28)29/h3-12H,1-2,13H2,(H,26,30)(H,27,31). The molecule has 1 fully saturated rings. The Bertz CT molecular complexity index is 1130. The van der Waals surface area contributed by atoms with E-state index in [1.807, 2.05) is 0 Å². The van der Waals surface area contributed by atoms with Gasteiger partial charge in [0.15, 0.2) is 11.4 Å². The maximum Gasteiger partial charge on any atom is 0.276 e. The molecule has 0 unspecified atom stereocenters. The van der Waals surface area contributed by atoms with E-state index in [9.17, 15) is 18.8 Å². The molecule has 0 radical (unpaired) electrons. The van der Waals surface area contributed by atoms with Crippen molar-refractivity contribution in [1.29, 1.82) is 0 Å². The zero-order chi connectivity index (χ0) is 21.8. The smallest absolute Gasteiger partial charge is 0.276 e. The van der Waals surface area contributed by atoms with Gasteiger partial charge in [-0.1, -0.05) is 0 Å². The minimum absolute atomic E-state index is 0.0770. The van der Waals surface area contributed by atoms with E-state index >= 15 is 0 Å². The first-order chi connectivity index (χ1) is 15.0. The van der Waals surface area contributed by atoms with Gasteiger partial charge in [-0.25, -0.2) is 14.4 Å². The molecule has 3 amide bonds. The lowest BCUT2D eigenvalue weighted by molar-refractivity contribution is -0.117. The third-order valence-electron chi connectivity index (χ3n) is 4.74. The molecule has 2 heterocycles. The van der Waals surface area contributed by atoms with Gasteiger partial charge in [-0.15, -0.1) is 0 Å². The number of nitrogens with one attached hydrogen (secondary N) is 2. The van der Waals surface area contributed by atoms with E-state index in [1.54, 1.807) is 29.2 Å². The number of aromatic nitrogens is 2. The first kappa shape index (κ1) is 20.1. The van der Waals surface area contributed by atoms with Gasteiger partial charge in [0.1, 0.15) is 5.82 Å². The van der Waals surface area contributed by atoms with Gasteiger partial charge in [0.2, 0.25) is 5.91 Å². The number of hydrogen-bond acceptors (Lipinski definition) is 5. The lowest BCUT2D eigenvalue weighted by Gasteiger charge is -2.16. The molecule has 8 nitrogen and oxygen atoms in total. The summed E-state index contributed by atoms with van der Waals surface area (Å²) in [6, 6.07) is 12.1. The van der Waals surface area contributed by atoms with Crippen LogP contribution in [0.1, 0.15) is 33.8 Å². The molecule has 1 aliphatic rings. The van der Waals surface area contributed by atoms with Crippen molar-refractivity contribution < 1.29 is 18.8 Å². The second-order valence-electron chi connectivity index (χ2n) is 6.86. The van der Waals surface area contributed by atoms with Gasteiger partial charge in [0, 0.05) is 42.4 Å². The highest BCUT2D eigenvalue weighted by molar-refractivity contribution is 6.13. The maximum atomic E-state index is 13.0. The van der Waals surface area contributed by atoms with Crippen molar-refractivity contribution >= 4 is 34.8 Å². The van der Waals surface area contributed by atoms with Crippen molar-refractivity contribution in [2.24, 2.45) is 0 Å². The largest absolute Gasteiger partial charge is 0.321 e. The molecule has 0 atom stereocenters. The van der Waals surface area contributed by atoms with Crippen LogP contribution in [0.2, 0.25) is 0 Å². The topological polar surface area (TPSA) is 104 Å². The van der Waals surface area contributed by atoms with Crippen molar-refractivity contribution in [1.82, 2.24) is 9.97 Å². The maximum absolute atomic E-state index is 13.0. The van der Waals surface area contributed by atoms with Crippen LogP contribution in [0.25, 0.3) is 0 Å². The zero-order valence-electron chi connectivity index (χ0n) is 16.3. The minimum atomic E-state index is -0.646. The number of carbonyl (C=O) groups excluding carboxylic acids is 3. The van der Waals surface area contributed by atoms with Crippen LogP contribution in [0.5, 0.6) is 0 Å². The molecular formula is C22H18FN5O3. The molecule has 1 aliphatic heterocycles. The molecule has 2 aromatic carbocycles. The first-order valence-corrected chi connectivity index (χ1v) is 9.61. The number of carbonyl (C=O) groups is 3. The van der Waals surface area contributed by atoms with Gasteiger partial charge < -0.3 is 15.5 Å². The molecule has 4 rings (SSSR count). The summed E-state index contributed by atoms with van der Waals surface area (Å²) in [4.78, 5) is 46.8. The summed E-state index contributed by atoms with van der Waals surface area (Å²) in [7, 11) is 0. The van der Waals surface area contributed by atoms with Gasteiger partial charge in [-0.2, -0.15) is 0 Å². The van der Waals surface area contributed by atoms with E-state index < -0.39 is 17.6 Å². The number of rotatable bonds is 5. The van der Waals surface area contributed by atoms with Crippen LogP contribution in [-0.2, 0) is 4.79 Å². The molecule has 2 N–H and O–H groups in total. The molecule has 0 bridgehead atoms. The zero-order valence-corrected chi connectivity index (χ0v) is 16.3. The number of hydrogen-bond donors (Lipinski definition) is 2. The normalized spacial score (nSPS) is 13.2. The van der Waals surface area contributed by atoms with Crippen molar-refractivity contribution in [3.8, 4) is 0 Å². The number of nitrogens with zero attached hydrogens (tertiary/aromatic N) is 3. The number of halogens is 1. The monoisotopic (exact) mass is 419 g/mol. The second kappa shape index (κ2) is 8.70. The van der Waals surface area contributed by atoms with Gasteiger partial charge in [-0.3, -0.25) is 14.4 Å². The fourth-order valence-corrected chi connectivity index (χ4v) is 3.23. The van der Waals surface area contributed by atoms with Crippen LogP contribution >= 0.6 is 0 Å². The summed E-state index contributed by atoms with van der Waals surface area (Å²) >= 11 is 0. The highest BCUT2D eigenvalue weighted by Gasteiger charge is 2.22. The summed E-state index contributed by atoms with van der Waals surface area (Å²) in [5.41, 5.74) is 1.29. The van der Waals surface area contributed by atoms with Crippen LogP contribution < -0.4 is 15.5 Å². The minimum Gasteiger partial charge on any atom is -0.321 e. The Labute approximate surface area is 177 Å². The Morgan fingerprint density at radius 2 is 1.35 bits per heavy atom. The summed E-state index contributed by atoms with van der Waals surface area (Å²) in [6.07, 6.45) is 3.98. The highest BCUT2D eigenvalue weighted by Crippen LogP contribution is 2.23. The number of anilines is 3. The highest BCUT2D eigenvalue weighted by atomic mass is 19.1. The molecule has 31 heavy (non-hydrogen) atoms. The predicted molar refractivity (Wildman–Crippen MR) is 112 cm³/mol. The molecule has 156 valence electrons. The molecular weight excluding hydrogens is 401 g/mol. The van der Waals surface area contributed by atoms with E-state index in [0.29, 0.717) is 24.3 Å². The van der Waals surface area contributed by atoms with Gasteiger partial charge in [0.05, 0.1) is 0 Å². The fourth-order valence-electron chi connectivity index (χ4n) is 3.23. The average molecular weight is 419 g/mol. The molecule has 9 heteroatoms. The van der Waals surface area contributed by atoms with Crippen LogP contribution in [-0.4, -0.2) is 34.2 Å². The Balaban J connectivity index is 1.48. The molecule has 3 aromatic rings. The van der Waals surface area contributed by atoms with E-state index in [4.69, 9.17) is 0 Å². The van der Waals surface area contributed by atoms with Crippen molar-refractivity contribution in [3.63, 3.8) is 0 Å². The van der Waals surface area contributed by atoms with E-state index in [-0.39, 0.29) is 17.3 Å². The van der Waals surface area contributed by atoms with Gasteiger partial charge in [0.25, 0.3) is 11.8 Å². The van der Waals surface area contributed by atoms with Crippen molar-refractivity contribution in [2.75, 3.05) is 22.1 Å². The van der Waals surface area contributed by atoms with Crippen molar-refractivity contribution in [3.05, 3.63) is 78.1 Å². The molecule has 1 saturated heterocycles. The lowest BCUT2D eigenvalue weighted by Crippen LogP contribution is -2.24. The predicted octanol–water partition coefficient (Wildman–Crippen LogP) is 3.25. The molecule has 0 spiro atoms. The molecule has 0 saturated carbocycles. The molecule has 1 aromatic heterocycles. The van der Waals surface area contributed by atoms with E-state index in [2.05, 4.69) is 20.6 Å². The quantitative estimate of drug-likeness (QED) is 0.661. The first-order valence-electron chi connectivity index (χ1n) is 9.61. The third-order valence-corrected chi connectivity index (χ3v) is 4.74. The summed E-state index contributed by atoms with van der Waals surface area (Å²) < 4.78 is 13.0. The number of amides is 3. The van der Waals surface area contributed by atoms with Crippen LogP contribution in [0.4, 0.5) is 21.5 Å². The Morgan fingerprint density at radius 3 is 1.84 bits per heavy atom. The van der Waals surface area contributed by atoms with Crippen LogP contribution in [0, 0.1) is 5.82 Å². The average Bonchev–Trinajstić information content (AvgIpc) is 3.21. The van der Waals surface area contributed by atoms with Crippen molar-refractivity contribution in [2.45, 2.75) is 12.8 Å². The summed E-state index contributed by atoms with van der Waals surface area (Å²) in [5.74, 6) is -1.61. The van der Waals surface area contributed by atoms with Gasteiger partial charge >= 0.3 is 0 Å². The Kier molecular flexibility index (Phi) is 5.65. The SMILES string of the molecule is O=C(Nc1ccc(F)cc1)c1nccnc1C(=O)Nc1ccc(N2CCCC2=O)cc1. The van der Waals surface area contributed by atoms with E-state index in [0.717, 1.165) is 12.1 Å². The van der Waals surface area contributed by atoms with E-state index in [1.165, 1.54) is 36.7 Å². The lowest BCUT2D eigenvalue weighted by atomic mass is 10.2. The summed E-state index contributed by atoms with van der Waals surface area (Å²) in [5, 5.41) is 5.24. The fraction of sp³-hybridized carbons (Fsp3) is 0.136. The second-order valence-corrected chi connectivity index (χ2v) is 6.86. The van der Waals surface area contributed by atoms with Gasteiger partial charge in [-0.05, 0) is 55.0 Å². The van der Waals surface area contributed by atoms with Crippen LogP contribution in [0.15, 0.2) is 60.9 Å². The number of benzene rings is 2. The van der Waals surface area contributed by atoms with Crippen LogP contribution in [0.3, 0.4) is 0 Å².